The van der Waals surface area contributed by atoms with Crippen LogP contribution in [0, 0.1) is 0 Å². The standard InChI is InChI=1S/C10H18BrNO2/c1-8(2)14-6-9(13)12-10(7-11)4-3-5-10/h8H,3-7H2,1-2H3,(H,12,13). The van der Waals surface area contributed by atoms with Gasteiger partial charge in [-0.15, -0.1) is 0 Å². The molecule has 14 heavy (non-hydrogen) atoms. The van der Waals surface area contributed by atoms with Gasteiger partial charge in [-0.1, -0.05) is 15.9 Å². The van der Waals surface area contributed by atoms with Gasteiger partial charge in [0.25, 0.3) is 0 Å². The van der Waals surface area contributed by atoms with Gasteiger partial charge in [-0.2, -0.15) is 0 Å². The minimum absolute atomic E-state index is 0.00199. The second-order valence-electron chi connectivity index (χ2n) is 4.18. The monoisotopic (exact) mass is 263 g/mol. The Hall–Kier alpha value is -0.0900. The van der Waals surface area contributed by atoms with Crippen LogP contribution in [0.25, 0.3) is 0 Å². The minimum Gasteiger partial charge on any atom is -0.369 e. The number of alkyl halides is 1. The second-order valence-corrected chi connectivity index (χ2v) is 4.74. The van der Waals surface area contributed by atoms with Gasteiger partial charge in [0.2, 0.25) is 5.91 Å². The maximum absolute atomic E-state index is 11.5. The van der Waals surface area contributed by atoms with Gasteiger partial charge in [-0.05, 0) is 33.1 Å². The number of hydrogen-bond donors (Lipinski definition) is 1. The topological polar surface area (TPSA) is 38.3 Å². The molecule has 1 amide bonds. The molecule has 3 nitrogen and oxygen atoms in total. The summed E-state index contributed by atoms with van der Waals surface area (Å²) in [6, 6.07) is 0. The molecule has 0 aromatic carbocycles. The lowest BCUT2D eigenvalue weighted by molar-refractivity contribution is -0.129. The van der Waals surface area contributed by atoms with Crippen molar-refractivity contribution in [1.29, 1.82) is 0 Å². The normalized spacial score (nSPS) is 19.1. The van der Waals surface area contributed by atoms with E-state index in [-0.39, 0.29) is 24.2 Å². The van der Waals surface area contributed by atoms with Crippen LogP contribution in [-0.4, -0.2) is 29.5 Å². The lowest BCUT2D eigenvalue weighted by Crippen LogP contribution is -2.55. The molecule has 0 atom stereocenters. The SMILES string of the molecule is CC(C)OCC(=O)NC1(CBr)CCC1. The largest absolute Gasteiger partial charge is 0.369 e. The summed E-state index contributed by atoms with van der Waals surface area (Å²) in [6.45, 7) is 4.03. The van der Waals surface area contributed by atoms with Crippen molar-refractivity contribution in [3.05, 3.63) is 0 Å². The van der Waals surface area contributed by atoms with Crippen LogP contribution < -0.4 is 5.32 Å². The Morgan fingerprint density at radius 3 is 2.57 bits per heavy atom. The Labute approximate surface area is 93.7 Å². The van der Waals surface area contributed by atoms with Crippen LogP contribution in [0.2, 0.25) is 0 Å². The number of carbonyl (C=O) groups excluding carboxylic acids is 1. The molecule has 0 aromatic heterocycles. The van der Waals surface area contributed by atoms with Crippen molar-refractivity contribution in [2.45, 2.75) is 44.8 Å². The van der Waals surface area contributed by atoms with Crippen molar-refractivity contribution in [2.75, 3.05) is 11.9 Å². The number of amides is 1. The van der Waals surface area contributed by atoms with E-state index in [4.69, 9.17) is 4.74 Å². The van der Waals surface area contributed by atoms with Gasteiger partial charge in [0, 0.05) is 10.9 Å². The average molecular weight is 264 g/mol. The molecule has 1 aliphatic rings. The van der Waals surface area contributed by atoms with E-state index < -0.39 is 0 Å². The van der Waals surface area contributed by atoms with Crippen LogP contribution in [0.15, 0.2) is 0 Å². The third-order valence-corrected chi connectivity index (χ3v) is 3.59. The zero-order valence-electron chi connectivity index (χ0n) is 8.81. The van der Waals surface area contributed by atoms with Crippen LogP contribution in [-0.2, 0) is 9.53 Å². The molecule has 1 saturated carbocycles. The fraction of sp³-hybridized carbons (Fsp3) is 0.900. The van der Waals surface area contributed by atoms with E-state index in [1.165, 1.54) is 6.42 Å². The zero-order chi connectivity index (χ0) is 10.6. The molecule has 0 bridgehead atoms. The highest BCUT2D eigenvalue weighted by molar-refractivity contribution is 9.09. The number of halogens is 1. The van der Waals surface area contributed by atoms with Gasteiger partial charge >= 0.3 is 0 Å². The molecule has 82 valence electrons. The first-order chi connectivity index (χ1) is 6.58. The van der Waals surface area contributed by atoms with E-state index in [0.717, 1.165) is 18.2 Å². The lowest BCUT2D eigenvalue weighted by Gasteiger charge is -2.41. The van der Waals surface area contributed by atoms with Crippen molar-refractivity contribution in [1.82, 2.24) is 5.32 Å². The van der Waals surface area contributed by atoms with Crippen molar-refractivity contribution >= 4 is 21.8 Å². The van der Waals surface area contributed by atoms with Crippen LogP contribution in [0.3, 0.4) is 0 Å². The first-order valence-electron chi connectivity index (χ1n) is 5.06. The Balaban J connectivity index is 2.25. The highest BCUT2D eigenvalue weighted by atomic mass is 79.9. The highest BCUT2D eigenvalue weighted by Crippen LogP contribution is 2.33. The van der Waals surface area contributed by atoms with Crippen LogP contribution in [0.4, 0.5) is 0 Å². The first kappa shape index (κ1) is 12.0. The molecule has 0 spiro atoms. The second kappa shape index (κ2) is 5.12. The van der Waals surface area contributed by atoms with E-state index in [9.17, 15) is 4.79 Å². The molecular formula is C10H18BrNO2. The number of rotatable bonds is 5. The van der Waals surface area contributed by atoms with Crippen molar-refractivity contribution < 1.29 is 9.53 Å². The van der Waals surface area contributed by atoms with E-state index in [1.54, 1.807) is 0 Å². The number of carbonyl (C=O) groups is 1. The van der Waals surface area contributed by atoms with E-state index in [0.29, 0.717) is 0 Å². The molecular weight excluding hydrogens is 246 g/mol. The molecule has 0 unspecified atom stereocenters. The summed E-state index contributed by atoms with van der Waals surface area (Å²) in [5, 5.41) is 3.86. The van der Waals surface area contributed by atoms with Crippen molar-refractivity contribution in [3.63, 3.8) is 0 Å². The first-order valence-corrected chi connectivity index (χ1v) is 6.19. The van der Waals surface area contributed by atoms with Crippen molar-refractivity contribution in [2.24, 2.45) is 0 Å². The van der Waals surface area contributed by atoms with E-state index >= 15 is 0 Å². The van der Waals surface area contributed by atoms with E-state index in [2.05, 4.69) is 21.2 Å². The molecule has 0 aromatic rings. The molecule has 0 radical (unpaired) electrons. The summed E-state index contributed by atoms with van der Waals surface area (Å²) in [6.07, 6.45) is 3.47. The van der Waals surface area contributed by atoms with Crippen LogP contribution in [0.1, 0.15) is 33.1 Å². The number of nitrogens with one attached hydrogen (secondary N) is 1. The maximum Gasteiger partial charge on any atom is 0.246 e. The lowest BCUT2D eigenvalue weighted by atomic mass is 9.78. The van der Waals surface area contributed by atoms with Crippen LogP contribution in [0.5, 0.6) is 0 Å². The quantitative estimate of drug-likeness (QED) is 0.769. The Morgan fingerprint density at radius 2 is 2.21 bits per heavy atom. The Morgan fingerprint density at radius 1 is 1.57 bits per heavy atom. The maximum atomic E-state index is 11.5. The fourth-order valence-corrected chi connectivity index (χ4v) is 2.17. The van der Waals surface area contributed by atoms with Gasteiger partial charge in [-0.3, -0.25) is 4.79 Å². The summed E-state index contributed by atoms with van der Waals surface area (Å²) in [4.78, 5) is 11.5. The molecule has 0 aliphatic heterocycles. The minimum atomic E-state index is -0.00199. The Bertz CT molecular complexity index is 197. The predicted octanol–water partition coefficient (Wildman–Crippen LogP) is 1.85. The highest BCUT2D eigenvalue weighted by Gasteiger charge is 2.37. The molecule has 4 heteroatoms. The summed E-state index contributed by atoms with van der Waals surface area (Å²) < 4.78 is 5.24. The summed E-state index contributed by atoms with van der Waals surface area (Å²) in [5.41, 5.74) is 0.0113. The molecule has 1 N–H and O–H groups in total. The molecule has 1 aliphatic carbocycles. The van der Waals surface area contributed by atoms with Gasteiger partial charge in [0.15, 0.2) is 0 Å². The van der Waals surface area contributed by atoms with E-state index in [1.807, 2.05) is 13.8 Å². The number of hydrogen-bond acceptors (Lipinski definition) is 2. The van der Waals surface area contributed by atoms with Crippen molar-refractivity contribution in [3.8, 4) is 0 Å². The van der Waals surface area contributed by atoms with Gasteiger partial charge < -0.3 is 10.1 Å². The third-order valence-electron chi connectivity index (χ3n) is 2.52. The van der Waals surface area contributed by atoms with Gasteiger partial charge in [-0.25, -0.2) is 0 Å². The summed E-state index contributed by atoms with van der Waals surface area (Å²) in [5.74, 6) is -0.00199. The predicted molar refractivity (Wildman–Crippen MR) is 59.6 cm³/mol. The summed E-state index contributed by atoms with van der Waals surface area (Å²) in [7, 11) is 0. The van der Waals surface area contributed by atoms with Crippen LogP contribution >= 0.6 is 15.9 Å². The van der Waals surface area contributed by atoms with Gasteiger partial charge in [0.05, 0.1) is 6.10 Å². The summed E-state index contributed by atoms with van der Waals surface area (Å²) >= 11 is 3.44. The Kier molecular flexibility index (Phi) is 4.38. The smallest absolute Gasteiger partial charge is 0.246 e. The molecule has 0 heterocycles. The molecule has 1 fully saturated rings. The van der Waals surface area contributed by atoms with Gasteiger partial charge in [0.1, 0.15) is 6.61 Å². The fourth-order valence-electron chi connectivity index (χ4n) is 1.47. The zero-order valence-corrected chi connectivity index (χ0v) is 10.4. The molecule has 1 rings (SSSR count). The number of ether oxygens (including phenoxy) is 1. The third kappa shape index (κ3) is 3.24. The molecule has 0 saturated heterocycles. The average Bonchev–Trinajstić information content (AvgIpc) is 2.08.